The van der Waals surface area contributed by atoms with Gasteiger partial charge in [0.2, 0.25) is 0 Å². The Morgan fingerprint density at radius 2 is 0.925 bits per heavy atom. The van der Waals surface area contributed by atoms with Crippen LogP contribution in [0.5, 0.6) is 0 Å². The van der Waals surface area contributed by atoms with Gasteiger partial charge >= 0.3 is 34.1 Å². The maximum absolute atomic E-state index is 12.5. The Labute approximate surface area is 360 Å². The number of rotatable bonds is 14. The third kappa shape index (κ3) is 38.6. The van der Waals surface area contributed by atoms with Crippen molar-refractivity contribution in [1.82, 2.24) is 0 Å². The van der Waals surface area contributed by atoms with Gasteiger partial charge in [0.15, 0.2) is 0 Å². The number of thioether (sulfide) groups is 1. The van der Waals surface area contributed by atoms with Crippen LogP contribution in [0.1, 0.15) is 170 Å². The summed E-state index contributed by atoms with van der Waals surface area (Å²) in [6.45, 7) is 15.9. The average Bonchev–Trinajstić information content (AvgIpc) is 3.82. The Morgan fingerprint density at radius 1 is 0.566 bits per heavy atom. The number of aliphatic hydroxyl groups is 2. The van der Waals surface area contributed by atoms with E-state index < -0.39 is 10.8 Å². The first-order chi connectivity index (χ1) is 21.5. The summed E-state index contributed by atoms with van der Waals surface area (Å²) in [5, 5.41) is 18.5. The first kappa shape index (κ1) is 72.0. The van der Waals surface area contributed by atoms with Crippen LogP contribution in [0.25, 0.3) is 0 Å². The van der Waals surface area contributed by atoms with E-state index in [0.717, 1.165) is 43.5 Å². The third-order valence-corrected chi connectivity index (χ3v) is 13.3. The molecule has 0 bridgehead atoms. The second-order valence-corrected chi connectivity index (χ2v) is 20.1. The van der Waals surface area contributed by atoms with Gasteiger partial charge in [0, 0.05) is 44.0 Å². The molecule has 0 heterocycles. The summed E-state index contributed by atoms with van der Waals surface area (Å²) in [6, 6.07) is 0. The summed E-state index contributed by atoms with van der Waals surface area (Å²) in [4.78, 5) is 0. The van der Waals surface area contributed by atoms with Crippen LogP contribution in [0.3, 0.4) is 0 Å². The fourth-order valence-corrected chi connectivity index (χ4v) is 10.6. The van der Waals surface area contributed by atoms with Crippen molar-refractivity contribution in [3.8, 4) is 0 Å². The fourth-order valence-electron chi connectivity index (χ4n) is 7.01. The molecule has 4 aliphatic rings. The van der Waals surface area contributed by atoms with E-state index in [0.29, 0.717) is 35.7 Å². The van der Waals surface area contributed by atoms with E-state index >= 15 is 0 Å². The van der Waals surface area contributed by atoms with E-state index in [1.807, 2.05) is 0 Å². The maximum Gasteiger partial charge on any atom is 2.00 e. The third-order valence-electron chi connectivity index (χ3n) is 9.26. The van der Waals surface area contributed by atoms with E-state index in [-0.39, 0.29) is 92.8 Å². The van der Waals surface area contributed by atoms with E-state index in [1.165, 1.54) is 103 Å². The van der Waals surface area contributed by atoms with Crippen molar-refractivity contribution in [2.75, 3.05) is 39.6 Å². The van der Waals surface area contributed by atoms with Gasteiger partial charge in [-0.2, -0.15) is 11.8 Å². The van der Waals surface area contributed by atoms with E-state index in [1.54, 1.807) is 0 Å². The Balaban J connectivity index is -0.0000000896. The van der Waals surface area contributed by atoms with Gasteiger partial charge in [0.1, 0.15) is 0 Å². The van der Waals surface area contributed by atoms with Crippen molar-refractivity contribution < 1.29 is 69.0 Å². The molecule has 7 nitrogen and oxygen atoms in total. The number of ether oxygens (including phenoxy) is 2. The van der Waals surface area contributed by atoms with Crippen LogP contribution in [0.2, 0.25) is 0 Å². The molecular formula is C42H92Fe2O7S2. The standard InChI is InChI=1S/C14H28O3S.C14H28O2S.2C5H10.4CH3.2Fe.2H2O/c1-14(2,3)18(16)13-8-4-6-12(13)7-5-10-17-11-9-15;1-14(2,3)17-13-8-4-6-12(13)7-5-10-16-11-9-15;2*1-2-4-5-3-1;;;;;;;;/h12-13,15H,4-11H2,1-3H3;12-13,15H,4-11H2,1-3H3;2*1-5H2;4*1H3;;;2*1H2/q;;;;4*-1;2*+2;;. The molecule has 0 radical (unpaired) electrons. The SMILES string of the molecule is C1CCCC1.C1CCCC1.CC(C)(C)S(=O)C1CCCC1CCCOCCO.CC(C)(C)SC1CCCC1CCCOCCO.O.O.[CH3-].[CH3-].[CH3-].[CH3-].[Fe+2].[Fe+2]. The Morgan fingerprint density at radius 3 is 1.28 bits per heavy atom. The van der Waals surface area contributed by atoms with Crippen molar-refractivity contribution in [3.05, 3.63) is 29.7 Å². The van der Waals surface area contributed by atoms with E-state index in [2.05, 4.69) is 53.3 Å². The van der Waals surface area contributed by atoms with Crippen molar-refractivity contribution in [3.63, 3.8) is 0 Å². The molecule has 53 heavy (non-hydrogen) atoms. The normalized spacial score (nSPS) is 21.7. The summed E-state index contributed by atoms with van der Waals surface area (Å²) in [6.07, 6.45) is 27.3. The van der Waals surface area contributed by atoms with Gasteiger partial charge in [0.05, 0.1) is 26.4 Å². The molecule has 4 aliphatic carbocycles. The van der Waals surface area contributed by atoms with Crippen LogP contribution < -0.4 is 0 Å². The summed E-state index contributed by atoms with van der Waals surface area (Å²) < 4.78 is 23.4. The van der Waals surface area contributed by atoms with Gasteiger partial charge in [-0.15, -0.1) is 0 Å². The van der Waals surface area contributed by atoms with E-state index in [9.17, 15) is 4.21 Å². The van der Waals surface area contributed by atoms with Crippen molar-refractivity contribution in [1.29, 1.82) is 0 Å². The second kappa shape index (κ2) is 44.4. The molecule has 0 saturated heterocycles. The minimum Gasteiger partial charge on any atom is -0.412 e. The predicted octanol–water partition coefficient (Wildman–Crippen LogP) is 10.0. The Kier molecular flexibility index (Phi) is 60.3. The van der Waals surface area contributed by atoms with Crippen LogP contribution in [0.4, 0.5) is 0 Å². The predicted molar refractivity (Wildman–Crippen MR) is 231 cm³/mol. The zero-order valence-corrected chi connectivity index (χ0v) is 40.2. The van der Waals surface area contributed by atoms with Crippen LogP contribution >= 0.6 is 11.8 Å². The van der Waals surface area contributed by atoms with Crippen LogP contribution in [0.15, 0.2) is 0 Å². The molecule has 11 heteroatoms. The van der Waals surface area contributed by atoms with Crippen molar-refractivity contribution in [2.45, 2.75) is 190 Å². The number of hydrogen-bond acceptors (Lipinski definition) is 6. The maximum atomic E-state index is 12.5. The summed E-state index contributed by atoms with van der Waals surface area (Å²) in [7, 11) is -0.732. The van der Waals surface area contributed by atoms with Gasteiger partial charge in [-0.3, -0.25) is 4.21 Å². The van der Waals surface area contributed by atoms with Crippen LogP contribution in [-0.2, 0) is 54.4 Å². The zero-order chi connectivity index (χ0) is 33.4. The Hall–Kier alpha value is 1.30. The quantitative estimate of drug-likeness (QED) is 0.101. The molecule has 0 spiro atoms. The molecule has 4 saturated carbocycles. The molecule has 4 fully saturated rings. The summed E-state index contributed by atoms with van der Waals surface area (Å²) >= 11 is 2.16. The van der Waals surface area contributed by atoms with E-state index in [4.69, 9.17) is 19.7 Å². The van der Waals surface area contributed by atoms with Gasteiger partial charge in [0.25, 0.3) is 0 Å². The minimum atomic E-state index is -0.732. The van der Waals surface area contributed by atoms with Gasteiger partial charge < -0.3 is 60.3 Å². The molecule has 5 atom stereocenters. The molecule has 0 aromatic carbocycles. The van der Waals surface area contributed by atoms with Gasteiger partial charge in [-0.25, -0.2) is 0 Å². The molecule has 0 aliphatic heterocycles. The molecule has 4 rings (SSSR count). The van der Waals surface area contributed by atoms with Crippen molar-refractivity contribution in [2.24, 2.45) is 11.8 Å². The molecule has 0 amide bonds. The fraction of sp³-hybridized carbons (Fsp3) is 0.905. The van der Waals surface area contributed by atoms with Gasteiger partial charge in [-0.05, 0) is 84.0 Å². The topological polar surface area (TPSA) is 139 Å². The first-order valence-corrected chi connectivity index (χ1v) is 21.0. The molecule has 0 aromatic rings. The molecule has 6 N–H and O–H groups in total. The molecule has 0 aromatic heterocycles. The summed E-state index contributed by atoms with van der Waals surface area (Å²) in [5.74, 6) is 1.49. The van der Waals surface area contributed by atoms with Gasteiger partial charge in [-0.1, -0.05) is 97.8 Å². The zero-order valence-electron chi connectivity index (χ0n) is 36.3. The number of aliphatic hydroxyl groups excluding tert-OH is 2. The average molecular weight is 885 g/mol. The monoisotopic (exact) mass is 884 g/mol. The smallest absolute Gasteiger partial charge is 0.412 e. The first-order valence-electron chi connectivity index (χ1n) is 18.9. The summed E-state index contributed by atoms with van der Waals surface area (Å²) in [5.41, 5.74) is 0. The van der Waals surface area contributed by atoms with Crippen LogP contribution in [0, 0.1) is 41.5 Å². The number of hydrogen-bond donors (Lipinski definition) is 2. The minimum absolute atomic E-state index is 0. The second-order valence-electron chi connectivity index (χ2n) is 15.6. The Bertz CT molecular complexity index is 691. The molecular weight excluding hydrogens is 792 g/mol. The largest absolute Gasteiger partial charge is 2.00 e. The van der Waals surface area contributed by atoms with Crippen molar-refractivity contribution >= 4 is 22.6 Å². The molecule has 5 unspecified atom stereocenters. The molecule has 330 valence electrons. The van der Waals surface area contributed by atoms with Crippen LogP contribution in [-0.4, -0.2) is 85.0 Å².